The van der Waals surface area contributed by atoms with Crippen molar-refractivity contribution < 1.29 is 4.74 Å². The van der Waals surface area contributed by atoms with E-state index < -0.39 is 0 Å². The SMILES string of the molecule is CCOc1ccccc1NC(=S)Nc1cc(Cl)c(N)c(Cl)c1. The highest BCUT2D eigenvalue weighted by Gasteiger charge is 2.08. The number of nitrogens with one attached hydrogen (secondary N) is 2. The summed E-state index contributed by atoms with van der Waals surface area (Å²) in [4.78, 5) is 0. The first kappa shape index (κ1) is 16.7. The molecule has 0 aliphatic heterocycles. The molecule has 0 radical (unpaired) electrons. The van der Waals surface area contributed by atoms with Crippen LogP contribution < -0.4 is 21.1 Å². The van der Waals surface area contributed by atoms with Crippen LogP contribution in [-0.4, -0.2) is 11.7 Å². The molecule has 22 heavy (non-hydrogen) atoms. The molecule has 4 N–H and O–H groups in total. The minimum atomic E-state index is 0.342. The molecule has 4 nitrogen and oxygen atoms in total. The topological polar surface area (TPSA) is 59.3 Å². The number of thiocarbonyl (C=S) groups is 1. The largest absolute Gasteiger partial charge is 0.492 e. The highest BCUT2D eigenvalue weighted by Crippen LogP contribution is 2.31. The van der Waals surface area contributed by atoms with Crippen molar-refractivity contribution >= 4 is 57.6 Å². The van der Waals surface area contributed by atoms with E-state index >= 15 is 0 Å². The van der Waals surface area contributed by atoms with E-state index in [1.165, 1.54) is 0 Å². The first-order chi connectivity index (χ1) is 10.5. The number of para-hydroxylation sites is 2. The van der Waals surface area contributed by atoms with E-state index in [2.05, 4.69) is 10.6 Å². The van der Waals surface area contributed by atoms with E-state index in [4.69, 9.17) is 45.9 Å². The summed E-state index contributed by atoms with van der Waals surface area (Å²) in [5.74, 6) is 0.725. The summed E-state index contributed by atoms with van der Waals surface area (Å²) < 4.78 is 5.53. The van der Waals surface area contributed by atoms with Crippen molar-refractivity contribution in [3.8, 4) is 5.75 Å². The van der Waals surface area contributed by atoms with Gasteiger partial charge in [-0.1, -0.05) is 35.3 Å². The highest BCUT2D eigenvalue weighted by atomic mass is 35.5. The van der Waals surface area contributed by atoms with Crippen LogP contribution in [0.15, 0.2) is 36.4 Å². The van der Waals surface area contributed by atoms with Gasteiger partial charge >= 0.3 is 0 Å². The molecule has 0 saturated heterocycles. The number of hydrogen-bond acceptors (Lipinski definition) is 3. The van der Waals surface area contributed by atoms with Gasteiger partial charge in [0, 0.05) is 5.69 Å². The van der Waals surface area contributed by atoms with Crippen molar-refractivity contribution in [2.24, 2.45) is 0 Å². The van der Waals surface area contributed by atoms with Crippen LogP contribution in [0.25, 0.3) is 0 Å². The average Bonchev–Trinajstić information content (AvgIpc) is 2.47. The molecule has 7 heteroatoms. The predicted octanol–water partition coefficient (Wildman–Crippen LogP) is 4.78. The number of rotatable bonds is 4. The summed E-state index contributed by atoms with van der Waals surface area (Å²) in [6.07, 6.45) is 0. The Balaban J connectivity index is 2.11. The first-order valence-electron chi connectivity index (χ1n) is 6.55. The molecule has 0 unspecified atom stereocenters. The molecule has 0 aliphatic rings. The molecule has 0 aliphatic carbocycles. The molecule has 0 spiro atoms. The quantitative estimate of drug-likeness (QED) is 0.544. The maximum absolute atomic E-state index is 6.00. The molecule has 0 heterocycles. The Kier molecular flexibility index (Phi) is 5.71. The highest BCUT2D eigenvalue weighted by molar-refractivity contribution is 7.80. The number of anilines is 3. The van der Waals surface area contributed by atoms with E-state index in [-0.39, 0.29) is 0 Å². The second-order valence-corrected chi connectivity index (χ2v) is 5.58. The number of benzene rings is 2. The number of nitrogen functional groups attached to an aromatic ring is 1. The number of halogens is 2. The summed E-state index contributed by atoms with van der Waals surface area (Å²) in [6.45, 7) is 2.49. The smallest absolute Gasteiger partial charge is 0.175 e. The van der Waals surface area contributed by atoms with Crippen molar-refractivity contribution in [1.82, 2.24) is 0 Å². The van der Waals surface area contributed by atoms with Crippen molar-refractivity contribution in [1.29, 1.82) is 0 Å². The van der Waals surface area contributed by atoms with Gasteiger partial charge in [-0.2, -0.15) is 0 Å². The maximum atomic E-state index is 6.00. The van der Waals surface area contributed by atoms with Crippen molar-refractivity contribution in [3.05, 3.63) is 46.4 Å². The lowest BCUT2D eigenvalue weighted by atomic mass is 10.3. The van der Waals surface area contributed by atoms with Gasteiger partial charge in [0.2, 0.25) is 0 Å². The van der Waals surface area contributed by atoms with Gasteiger partial charge in [-0.25, -0.2) is 0 Å². The summed E-state index contributed by atoms with van der Waals surface area (Å²) in [6, 6.07) is 10.8. The van der Waals surface area contributed by atoms with Crippen LogP contribution in [0.4, 0.5) is 17.1 Å². The Bertz CT molecular complexity index is 671. The van der Waals surface area contributed by atoms with Gasteiger partial charge in [-0.3, -0.25) is 0 Å². The second kappa shape index (κ2) is 7.54. The Labute approximate surface area is 144 Å². The Morgan fingerprint density at radius 3 is 2.45 bits per heavy atom. The lowest BCUT2D eigenvalue weighted by Crippen LogP contribution is -2.19. The predicted molar refractivity (Wildman–Crippen MR) is 98.3 cm³/mol. The molecule has 0 atom stereocenters. The van der Waals surface area contributed by atoms with Crippen LogP contribution in [0.3, 0.4) is 0 Å². The summed E-state index contributed by atoms with van der Waals surface area (Å²) >= 11 is 17.3. The maximum Gasteiger partial charge on any atom is 0.175 e. The molecular formula is C15H15Cl2N3OS. The van der Waals surface area contributed by atoms with Gasteiger partial charge in [0.15, 0.2) is 5.11 Å². The van der Waals surface area contributed by atoms with E-state index in [0.717, 1.165) is 11.4 Å². The van der Waals surface area contributed by atoms with Crippen molar-refractivity contribution in [3.63, 3.8) is 0 Å². The van der Waals surface area contributed by atoms with Gasteiger partial charge in [-0.15, -0.1) is 0 Å². The van der Waals surface area contributed by atoms with Crippen LogP contribution in [0.2, 0.25) is 10.0 Å². The zero-order valence-electron chi connectivity index (χ0n) is 11.8. The zero-order chi connectivity index (χ0) is 16.1. The molecule has 116 valence electrons. The van der Waals surface area contributed by atoms with E-state index in [1.54, 1.807) is 12.1 Å². The fourth-order valence-electron chi connectivity index (χ4n) is 1.79. The molecule has 0 amide bonds. The third kappa shape index (κ3) is 4.16. The third-order valence-corrected chi connectivity index (χ3v) is 3.60. The average molecular weight is 356 g/mol. The molecule has 0 saturated carbocycles. The van der Waals surface area contributed by atoms with Crippen LogP contribution in [-0.2, 0) is 0 Å². The molecule has 2 aromatic rings. The fraction of sp³-hybridized carbons (Fsp3) is 0.133. The molecule has 2 rings (SSSR count). The number of nitrogens with two attached hydrogens (primary N) is 1. The Morgan fingerprint density at radius 2 is 1.82 bits per heavy atom. The van der Waals surface area contributed by atoms with E-state index in [0.29, 0.717) is 33.1 Å². The minimum absolute atomic E-state index is 0.342. The molecule has 0 aromatic heterocycles. The normalized spacial score (nSPS) is 10.1. The van der Waals surface area contributed by atoms with Crippen molar-refractivity contribution in [2.75, 3.05) is 23.0 Å². The van der Waals surface area contributed by atoms with Gasteiger partial charge < -0.3 is 21.1 Å². The monoisotopic (exact) mass is 355 g/mol. The Morgan fingerprint density at radius 1 is 1.18 bits per heavy atom. The number of ether oxygens (including phenoxy) is 1. The molecule has 2 aromatic carbocycles. The summed E-state index contributed by atoms with van der Waals surface area (Å²) in [5, 5.41) is 7.21. The van der Waals surface area contributed by atoms with E-state index in [9.17, 15) is 0 Å². The Hall–Kier alpha value is -1.69. The summed E-state index contributed by atoms with van der Waals surface area (Å²) in [7, 11) is 0. The summed E-state index contributed by atoms with van der Waals surface area (Å²) in [5.41, 5.74) is 7.47. The standard InChI is InChI=1S/C15H15Cl2N3OS/c1-2-21-13-6-4-3-5-12(13)20-15(22)19-9-7-10(16)14(18)11(17)8-9/h3-8H,2,18H2,1H3,(H2,19,20,22). The lowest BCUT2D eigenvalue weighted by molar-refractivity contribution is 0.342. The van der Waals surface area contributed by atoms with Crippen LogP contribution in [0.1, 0.15) is 6.92 Å². The van der Waals surface area contributed by atoms with Crippen LogP contribution in [0.5, 0.6) is 5.75 Å². The van der Waals surface area contributed by atoms with Crippen LogP contribution in [0, 0.1) is 0 Å². The van der Waals surface area contributed by atoms with E-state index in [1.807, 2.05) is 31.2 Å². The third-order valence-electron chi connectivity index (χ3n) is 2.77. The fourth-order valence-corrected chi connectivity index (χ4v) is 2.51. The minimum Gasteiger partial charge on any atom is -0.492 e. The van der Waals surface area contributed by atoms with Gasteiger partial charge in [0.1, 0.15) is 5.75 Å². The van der Waals surface area contributed by atoms with Gasteiger partial charge in [0.25, 0.3) is 0 Å². The van der Waals surface area contributed by atoms with Crippen LogP contribution >= 0.6 is 35.4 Å². The van der Waals surface area contributed by atoms with Crippen molar-refractivity contribution in [2.45, 2.75) is 6.92 Å². The molecule has 0 bridgehead atoms. The molecular weight excluding hydrogens is 341 g/mol. The zero-order valence-corrected chi connectivity index (χ0v) is 14.1. The second-order valence-electron chi connectivity index (χ2n) is 4.36. The van der Waals surface area contributed by atoms with Gasteiger partial charge in [0.05, 0.1) is 28.0 Å². The number of hydrogen-bond donors (Lipinski definition) is 3. The lowest BCUT2D eigenvalue weighted by Gasteiger charge is -2.15. The molecule has 0 fully saturated rings. The van der Waals surface area contributed by atoms with Gasteiger partial charge in [-0.05, 0) is 43.4 Å². The first-order valence-corrected chi connectivity index (χ1v) is 7.72.